The molecule has 14 nitrogen and oxygen atoms in total. The second-order valence-electron chi connectivity index (χ2n) is 10.5. The number of carbonyl (C=O) groups is 3. The maximum absolute atomic E-state index is 11.7. The Morgan fingerprint density at radius 2 is 0.617 bits per heavy atom. The lowest BCUT2D eigenvalue weighted by Crippen LogP contribution is -2.15. The minimum atomic E-state index is -0.864. The van der Waals surface area contributed by atoms with Gasteiger partial charge in [-0.15, -0.1) is 0 Å². The van der Waals surface area contributed by atoms with E-state index >= 15 is 0 Å². The lowest BCUT2D eigenvalue weighted by Gasteiger charge is -2.09. The van der Waals surface area contributed by atoms with Crippen LogP contribution >= 0.6 is 0 Å². The van der Waals surface area contributed by atoms with Crippen LogP contribution in [0.5, 0.6) is 0 Å². The summed E-state index contributed by atoms with van der Waals surface area (Å²) in [6.45, 7) is 9.62. The summed E-state index contributed by atoms with van der Waals surface area (Å²) in [5.74, 6) is -1.37. The average Bonchev–Trinajstić information content (AvgIpc) is 3.05. The molecule has 0 saturated heterocycles. The van der Waals surface area contributed by atoms with Crippen molar-refractivity contribution in [3.05, 3.63) is 0 Å². The van der Waals surface area contributed by atoms with Crippen molar-refractivity contribution < 1.29 is 66.9 Å². The van der Waals surface area contributed by atoms with Crippen LogP contribution in [0.2, 0.25) is 0 Å². The van der Waals surface area contributed by atoms with Crippen molar-refractivity contribution in [1.82, 2.24) is 0 Å². The standard InChI is InChI=1S/C33H62O14/c1-2-3-4-5-6-7-11-32(36)46-29-27-44-25-23-42-21-19-40-17-15-38-13-14-39-16-18-41-20-22-43-24-26-45-28-30-47-33(37)12-9-8-10-31(34)35/h2-30H2,1H3,(H,34,35). The second-order valence-corrected chi connectivity index (χ2v) is 10.5. The first-order chi connectivity index (χ1) is 23.1. The van der Waals surface area contributed by atoms with Crippen LogP contribution in [0.1, 0.15) is 77.6 Å². The zero-order valence-corrected chi connectivity index (χ0v) is 28.8. The third-order valence-corrected chi connectivity index (χ3v) is 6.34. The summed E-state index contributed by atoms with van der Waals surface area (Å²) >= 11 is 0. The van der Waals surface area contributed by atoms with E-state index in [2.05, 4.69) is 6.92 Å². The largest absolute Gasteiger partial charge is 0.481 e. The van der Waals surface area contributed by atoms with Gasteiger partial charge in [-0.2, -0.15) is 0 Å². The molecule has 47 heavy (non-hydrogen) atoms. The zero-order valence-electron chi connectivity index (χ0n) is 28.8. The lowest BCUT2D eigenvalue weighted by atomic mass is 10.1. The molecular formula is C33H62O14. The molecule has 0 aromatic carbocycles. The molecule has 0 atom stereocenters. The van der Waals surface area contributed by atoms with Gasteiger partial charge < -0.3 is 52.5 Å². The van der Waals surface area contributed by atoms with E-state index in [0.717, 1.165) is 12.8 Å². The van der Waals surface area contributed by atoms with Gasteiger partial charge in [0.15, 0.2) is 0 Å². The lowest BCUT2D eigenvalue weighted by molar-refractivity contribution is -0.146. The van der Waals surface area contributed by atoms with Crippen LogP contribution in [0.15, 0.2) is 0 Å². The molecule has 278 valence electrons. The monoisotopic (exact) mass is 682 g/mol. The van der Waals surface area contributed by atoms with E-state index in [4.69, 9.17) is 52.5 Å². The van der Waals surface area contributed by atoms with Crippen LogP contribution < -0.4 is 0 Å². The van der Waals surface area contributed by atoms with Gasteiger partial charge in [-0.25, -0.2) is 0 Å². The van der Waals surface area contributed by atoms with Crippen LogP contribution in [0.4, 0.5) is 0 Å². The van der Waals surface area contributed by atoms with Crippen molar-refractivity contribution in [1.29, 1.82) is 0 Å². The molecule has 0 aliphatic carbocycles. The Kier molecular flexibility index (Phi) is 37.0. The summed E-state index contributed by atoms with van der Waals surface area (Å²) in [7, 11) is 0. The number of carbonyl (C=O) groups excluding carboxylic acids is 2. The molecule has 0 amide bonds. The molecule has 0 aliphatic rings. The third-order valence-electron chi connectivity index (χ3n) is 6.34. The number of hydrogen-bond donors (Lipinski definition) is 1. The quantitative estimate of drug-likeness (QED) is 0.0739. The van der Waals surface area contributed by atoms with E-state index in [1.165, 1.54) is 25.7 Å². The van der Waals surface area contributed by atoms with Crippen molar-refractivity contribution in [3.63, 3.8) is 0 Å². The molecule has 0 aromatic rings. The third kappa shape index (κ3) is 40.2. The van der Waals surface area contributed by atoms with Crippen LogP contribution in [-0.4, -0.2) is 142 Å². The number of rotatable bonds is 39. The Labute approximate surface area is 281 Å². The highest BCUT2D eigenvalue weighted by molar-refractivity contribution is 5.70. The predicted octanol–water partition coefficient (Wildman–Crippen LogP) is 3.60. The highest BCUT2D eigenvalue weighted by Gasteiger charge is 2.05. The number of ether oxygens (including phenoxy) is 10. The molecule has 14 heteroatoms. The highest BCUT2D eigenvalue weighted by atomic mass is 16.6. The van der Waals surface area contributed by atoms with Gasteiger partial charge in [0.05, 0.1) is 106 Å². The molecule has 0 spiro atoms. The first-order valence-electron chi connectivity index (χ1n) is 17.2. The SMILES string of the molecule is CCCCCCCCC(=O)OCCOCCOCCOCCOCCOCCOCCOCCOCCOC(=O)CCCCC(=O)O. The van der Waals surface area contributed by atoms with Gasteiger partial charge >= 0.3 is 17.9 Å². The molecule has 0 rings (SSSR count). The minimum Gasteiger partial charge on any atom is -0.481 e. The molecule has 0 radical (unpaired) electrons. The van der Waals surface area contributed by atoms with E-state index < -0.39 is 5.97 Å². The van der Waals surface area contributed by atoms with E-state index in [1.54, 1.807) is 0 Å². The zero-order chi connectivity index (χ0) is 34.3. The normalized spacial score (nSPS) is 11.2. The van der Waals surface area contributed by atoms with Gasteiger partial charge in [0.2, 0.25) is 0 Å². The number of hydrogen-bond acceptors (Lipinski definition) is 13. The molecule has 0 fully saturated rings. The van der Waals surface area contributed by atoms with Crippen LogP contribution in [0.25, 0.3) is 0 Å². The smallest absolute Gasteiger partial charge is 0.305 e. The number of carboxylic acids is 1. The predicted molar refractivity (Wildman–Crippen MR) is 173 cm³/mol. The number of unbranched alkanes of at least 4 members (excludes halogenated alkanes) is 6. The van der Waals surface area contributed by atoms with Crippen molar-refractivity contribution >= 4 is 17.9 Å². The van der Waals surface area contributed by atoms with Crippen molar-refractivity contribution in [2.24, 2.45) is 0 Å². The molecule has 0 aliphatic heterocycles. The fourth-order valence-corrected chi connectivity index (χ4v) is 3.81. The van der Waals surface area contributed by atoms with E-state index in [1.807, 2.05) is 0 Å². The summed E-state index contributed by atoms with van der Waals surface area (Å²) < 4.78 is 53.6. The Morgan fingerprint density at radius 3 is 0.936 bits per heavy atom. The van der Waals surface area contributed by atoms with Gasteiger partial charge in [0.1, 0.15) is 13.2 Å². The molecular weight excluding hydrogens is 620 g/mol. The molecule has 0 unspecified atom stereocenters. The number of esters is 2. The Morgan fingerprint density at radius 1 is 0.362 bits per heavy atom. The molecule has 1 N–H and O–H groups in total. The summed E-state index contributed by atoms with van der Waals surface area (Å²) in [5.41, 5.74) is 0. The Balaban J connectivity index is 3.14. The maximum atomic E-state index is 11.7. The first-order valence-corrected chi connectivity index (χ1v) is 17.2. The van der Waals surface area contributed by atoms with E-state index in [0.29, 0.717) is 118 Å². The van der Waals surface area contributed by atoms with Crippen LogP contribution in [-0.2, 0) is 61.8 Å². The van der Waals surface area contributed by atoms with Gasteiger partial charge in [0.25, 0.3) is 0 Å². The first kappa shape index (κ1) is 45.1. The summed E-state index contributed by atoms with van der Waals surface area (Å²) in [6.07, 6.45) is 8.60. The highest BCUT2D eigenvalue weighted by Crippen LogP contribution is 2.07. The minimum absolute atomic E-state index is 0.0589. The topological polar surface area (TPSA) is 164 Å². The Hall–Kier alpha value is -1.91. The summed E-state index contributed by atoms with van der Waals surface area (Å²) in [4.78, 5) is 33.5. The molecule has 0 saturated carbocycles. The van der Waals surface area contributed by atoms with E-state index in [-0.39, 0.29) is 44.6 Å². The van der Waals surface area contributed by atoms with Crippen molar-refractivity contribution in [3.8, 4) is 0 Å². The fraction of sp³-hybridized carbons (Fsp3) is 0.909. The fourth-order valence-electron chi connectivity index (χ4n) is 3.81. The molecule has 0 bridgehead atoms. The van der Waals surface area contributed by atoms with E-state index in [9.17, 15) is 14.4 Å². The second kappa shape index (κ2) is 38.5. The van der Waals surface area contributed by atoms with Gasteiger partial charge in [-0.3, -0.25) is 14.4 Å². The maximum Gasteiger partial charge on any atom is 0.305 e. The van der Waals surface area contributed by atoms with Crippen molar-refractivity contribution in [2.45, 2.75) is 77.6 Å². The van der Waals surface area contributed by atoms with Crippen LogP contribution in [0.3, 0.4) is 0 Å². The summed E-state index contributed by atoms with van der Waals surface area (Å²) in [5, 5.41) is 8.55. The molecule has 0 heterocycles. The number of aliphatic carboxylic acids is 1. The van der Waals surface area contributed by atoms with Gasteiger partial charge in [-0.1, -0.05) is 39.0 Å². The average molecular weight is 683 g/mol. The van der Waals surface area contributed by atoms with Gasteiger partial charge in [0, 0.05) is 19.3 Å². The molecule has 0 aromatic heterocycles. The Bertz CT molecular complexity index is 694. The summed E-state index contributed by atoms with van der Waals surface area (Å²) in [6, 6.07) is 0. The van der Waals surface area contributed by atoms with Gasteiger partial charge in [-0.05, 0) is 19.3 Å². The van der Waals surface area contributed by atoms with Crippen molar-refractivity contribution in [2.75, 3.05) is 119 Å². The number of carboxylic acid groups (broad SMARTS) is 1. The van der Waals surface area contributed by atoms with Crippen LogP contribution in [0, 0.1) is 0 Å².